The van der Waals surface area contributed by atoms with Gasteiger partial charge in [0.2, 0.25) is 0 Å². The second kappa shape index (κ2) is 6.81. The lowest BCUT2D eigenvalue weighted by atomic mass is 10.1. The third-order valence-electron chi connectivity index (χ3n) is 2.92. The standard InChI is InChI=1S/C15H15FN2O3/c16-13-7-12(5-6-17)8-15(9-13)21-10-11-1-3-14(4-2-11)18(19)20/h1-4,7-9H,5-6,10,17H2. The van der Waals surface area contributed by atoms with Gasteiger partial charge in [-0.15, -0.1) is 0 Å². The Balaban J connectivity index is 2.03. The molecule has 0 fully saturated rings. The fourth-order valence-electron chi connectivity index (χ4n) is 1.90. The number of hydrogen-bond acceptors (Lipinski definition) is 4. The average Bonchev–Trinajstić information content (AvgIpc) is 2.45. The van der Waals surface area contributed by atoms with Crippen molar-refractivity contribution in [2.75, 3.05) is 6.54 Å². The summed E-state index contributed by atoms with van der Waals surface area (Å²) in [4.78, 5) is 10.1. The number of nitrogens with zero attached hydrogens (tertiary/aromatic N) is 1. The summed E-state index contributed by atoms with van der Waals surface area (Å²) in [7, 11) is 0. The van der Waals surface area contributed by atoms with Crippen molar-refractivity contribution in [1.82, 2.24) is 0 Å². The van der Waals surface area contributed by atoms with Crippen molar-refractivity contribution in [3.63, 3.8) is 0 Å². The van der Waals surface area contributed by atoms with Crippen LogP contribution < -0.4 is 10.5 Å². The first-order chi connectivity index (χ1) is 10.1. The normalized spacial score (nSPS) is 10.4. The van der Waals surface area contributed by atoms with E-state index in [1.54, 1.807) is 18.2 Å². The molecular formula is C15H15FN2O3. The summed E-state index contributed by atoms with van der Waals surface area (Å²) in [6, 6.07) is 10.5. The molecule has 0 atom stereocenters. The topological polar surface area (TPSA) is 78.4 Å². The smallest absolute Gasteiger partial charge is 0.269 e. The molecule has 2 aromatic rings. The highest BCUT2D eigenvalue weighted by atomic mass is 19.1. The van der Waals surface area contributed by atoms with Crippen LogP contribution in [0.15, 0.2) is 42.5 Å². The van der Waals surface area contributed by atoms with E-state index in [0.29, 0.717) is 18.7 Å². The van der Waals surface area contributed by atoms with Crippen LogP contribution in [0.25, 0.3) is 0 Å². The van der Waals surface area contributed by atoms with Gasteiger partial charge in [0, 0.05) is 18.2 Å². The zero-order valence-corrected chi connectivity index (χ0v) is 11.3. The minimum atomic E-state index is -0.462. The molecule has 2 rings (SSSR count). The molecule has 0 saturated carbocycles. The third kappa shape index (κ3) is 4.25. The Morgan fingerprint density at radius 1 is 1.14 bits per heavy atom. The van der Waals surface area contributed by atoms with Gasteiger partial charge < -0.3 is 10.5 Å². The lowest BCUT2D eigenvalue weighted by molar-refractivity contribution is -0.384. The molecule has 0 aliphatic heterocycles. The van der Waals surface area contributed by atoms with Gasteiger partial charge >= 0.3 is 0 Å². The summed E-state index contributed by atoms with van der Waals surface area (Å²) in [5.74, 6) is 0.0384. The maximum atomic E-state index is 13.4. The summed E-state index contributed by atoms with van der Waals surface area (Å²) >= 11 is 0. The minimum Gasteiger partial charge on any atom is -0.489 e. The van der Waals surface area contributed by atoms with E-state index in [-0.39, 0.29) is 18.1 Å². The van der Waals surface area contributed by atoms with Crippen molar-refractivity contribution in [3.8, 4) is 5.75 Å². The van der Waals surface area contributed by atoms with Gasteiger partial charge in [-0.3, -0.25) is 10.1 Å². The van der Waals surface area contributed by atoms with Crippen molar-refractivity contribution in [2.24, 2.45) is 5.73 Å². The minimum absolute atomic E-state index is 0.0229. The Hall–Kier alpha value is -2.47. The second-order valence-corrected chi connectivity index (χ2v) is 4.55. The van der Waals surface area contributed by atoms with Crippen molar-refractivity contribution in [1.29, 1.82) is 0 Å². The van der Waals surface area contributed by atoms with Gasteiger partial charge in [-0.1, -0.05) is 0 Å². The van der Waals surface area contributed by atoms with Crippen molar-refractivity contribution < 1.29 is 14.1 Å². The molecule has 21 heavy (non-hydrogen) atoms. The van der Waals surface area contributed by atoms with Crippen molar-refractivity contribution in [3.05, 3.63) is 69.5 Å². The van der Waals surface area contributed by atoms with Crippen LogP contribution in [0, 0.1) is 15.9 Å². The van der Waals surface area contributed by atoms with Crippen LogP contribution in [0.5, 0.6) is 5.75 Å². The fraction of sp³-hybridized carbons (Fsp3) is 0.200. The van der Waals surface area contributed by atoms with Crippen LogP contribution in [0.1, 0.15) is 11.1 Å². The number of hydrogen-bond donors (Lipinski definition) is 1. The first-order valence-electron chi connectivity index (χ1n) is 6.44. The van der Waals surface area contributed by atoms with E-state index in [1.165, 1.54) is 24.3 Å². The van der Waals surface area contributed by atoms with Crippen molar-refractivity contribution >= 4 is 5.69 Å². The van der Waals surface area contributed by atoms with Crippen LogP contribution in [0.3, 0.4) is 0 Å². The Labute approximate surface area is 121 Å². The van der Waals surface area contributed by atoms with Crippen LogP contribution in [0.4, 0.5) is 10.1 Å². The molecule has 6 heteroatoms. The van der Waals surface area contributed by atoms with Crippen LogP contribution in [-0.4, -0.2) is 11.5 Å². The molecule has 0 heterocycles. The number of benzene rings is 2. The average molecular weight is 290 g/mol. The second-order valence-electron chi connectivity index (χ2n) is 4.55. The molecule has 0 aromatic heterocycles. The van der Waals surface area contributed by atoms with E-state index in [2.05, 4.69) is 0 Å². The Morgan fingerprint density at radius 3 is 2.48 bits per heavy atom. The number of rotatable bonds is 6. The zero-order chi connectivity index (χ0) is 15.2. The van der Waals surface area contributed by atoms with Crippen LogP contribution >= 0.6 is 0 Å². The van der Waals surface area contributed by atoms with E-state index in [1.807, 2.05) is 0 Å². The first-order valence-corrected chi connectivity index (χ1v) is 6.44. The summed E-state index contributed by atoms with van der Waals surface area (Å²) < 4.78 is 18.9. The van der Waals surface area contributed by atoms with E-state index in [9.17, 15) is 14.5 Å². The van der Waals surface area contributed by atoms with Gasteiger partial charge in [-0.2, -0.15) is 0 Å². The quantitative estimate of drug-likeness (QED) is 0.655. The molecular weight excluding hydrogens is 275 g/mol. The number of nitro benzene ring substituents is 1. The zero-order valence-electron chi connectivity index (χ0n) is 11.3. The molecule has 2 aromatic carbocycles. The monoisotopic (exact) mass is 290 g/mol. The van der Waals surface area contributed by atoms with Gasteiger partial charge in [0.1, 0.15) is 18.2 Å². The van der Waals surface area contributed by atoms with Gasteiger partial charge in [0.05, 0.1) is 4.92 Å². The first kappa shape index (κ1) is 14.9. The van der Waals surface area contributed by atoms with Crippen LogP contribution in [-0.2, 0) is 13.0 Å². The highest BCUT2D eigenvalue weighted by Crippen LogP contribution is 2.19. The van der Waals surface area contributed by atoms with E-state index in [0.717, 1.165) is 11.1 Å². The van der Waals surface area contributed by atoms with Crippen LogP contribution in [0.2, 0.25) is 0 Å². The molecule has 0 radical (unpaired) electrons. The summed E-state index contributed by atoms with van der Waals surface area (Å²) in [5.41, 5.74) is 7.01. The largest absolute Gasteiger partial charge is 0.489 e. The fourth-order valence-corrected chi connectivity index (χ4v) is 1.90. The molecule has 0 saturated heterocycles. The Bertz CT molecular complexity index is 629. The molecule has 0 bridgehead atoms. The molecule has 0 aliphatic carbocycles. The predicted octanol–water partition coefficient (Wildman–Crippen LogP) is 2.81. The molecule has 2 N–H and O–H groups in total. The molecule has 5 nitrogen and oxygen atoms in total. The summed E-state index contributed by atoms with van der Waals surface area (Å²) in [6.07, 6.45) is 0.575. The SMILES string of the molecule is NCCc1cc(F)cc(OCc2ccc([N+](=O)[O-])cc2)c1. The maximum Gasteiger partial charge on any atom is 0.269 e. The lowest BCUT2D eigenvalue weighted by Crippen LogP contribution is -2.03. The van der Waals surface area contributed by atoms with Crippen molar-refractivity contribution in [2.45, 2.75) is 13.0 Å². The third-order valence-corrected chi connectivity index (χ3v) is 2.92. The number of nitrogens with two attached hydrogens (primary N) is 1. The van der Waals surface area contributed by atoms with Gasteiger partial charge in [-0.25, -0.2) is 4.39 Å². The van der Waals surface area contributed by atoms with Gasteiger partial charge in [-0.05, 0) is 48.4 Å². The van der Waals surface area contributed by atoms with E-state index in [4.69, 9.17) is 10.5 Å². The molecule has 0 unspecified atom stereocenters. The lowest BCUT2D eigenvalue weighted by Gasteiger charge is -2.08. The Kier molecular flexibility index (Phi) is 4.84. The van der Waals surface area contributed by atoms with E-state index >= 15 is 0 Å². The molecule has 110 valence electrons. The molecule has 0 amide bonds. The predicted molar refractivity (Wildman–Crippen MR) is 76.6 cm³/mol. The number of non-ortho nitro benzene ring substituents is 1. The highest BCUT2D eigenvalue weighted by Gasteiger charge is 2.05. The maximum absolute atomic E-state index is 13.4. The number of halogens is 1. The van der Waals surface area contributed by atoms with Gasteiger partial charge in [0.25, 0.3) is 5.69 Å². The Morgan fingerprint density at radius 2 is 1.86 bits per heavy atom. The summed E-state index contributed by atoms with van der Waals surface area (Å²) in [6.45, 7) is 0.648. The number of nitro groups is 1. The molecule has 0 spiro atoms. The molecule has 0 aliphatic rings. The van der Waals surface area contributed by atoms with E-state index < -0.39 is 4.92 Å². The van der Waals surface area contributed by atoms with Gasteiger partial charge in [0.15, 0.2) is 0 Å². The highest BCUT2D eigenvalue weighted by molar-refractivity contribution is 5.33. The number of ether oxygens (including phenoxy) is 1. The summed E-state index contributed by atoms with van der Waals surface area (Å²) in [5, 5.41) is 10.6.